The molecule has 1 atom stereocenters. The number of hydrogen-bond donors (Lipinski definition) is 1. The number of likely N-dealkylation sites (N-methyl/N-ethyl adjacent to an activating group) is 1. The van der Waals surface area contributed by atoms with Crippen molar-refractivity contribution in [3.05, 3.63) is 22.3 Å². The van der Waals surface area contributed by atoms with Crippen molar-refractivity contribution >= 4 is 21.7 Å². The van der Waals surface area contributed by atoms with Crippen LogP contribution in [0.4, 0.5) is 5.82 Å². The van der Waals surface area contributed by atoms with Gasteiger partial charge < -0.3 is 10.2 Å². The monoisotopic (exact) mass is 280 g/mol. The van der Waals surface area contributed by atoms with Gasteiger partial charge in [0.25, 0.3) is 0 Å². The van der Waals surface area contributed by atoms with Gasteiger partial charge in [0.15, 0.2) is 0 Å². The molecule has 16 heavy (non-hydrogen) atoms. The fourth-order valence-corrected chi connectivity index (χ4v) is 2.29. The van der Waals surface area contributed by atoms with E-state index in [9.17, 15) is 0 Å². The summed E-state index contributed by atoms with van der Waals surface area (Å²) in [5, 5.41) is 12.3. The molecular weight excluding hydrogens is 268 g/mol. The van der Waals surface area contributed by atoms with Crippen molar-refractivity contribution < 1.29 is 0 Å². The van der Waals surface area contributed by atoms with E-state index in [1.165, 1.54) is 0 Å². The molecular formula is C11H13BrN4. The maximum Gasteiger partial charge on any atom is 0.146 e. The summed E-state index contributed by atoms with van der Waals surface area (Å²) < 4.78 is 0.845. The number of hydrogen-bond acceptors (Lipinski definition) is 4. The van der Waals surface area contributed by atoms with Gasteiger partial charge in [0, 0.05) is 29.8 Å². The molecule has 4 nitrogen and oxygen atoms in total. The van der Waals surface area contributed by atoms with E-state index in [0.29, 0.717) is 11.6 Å². The Morgan fingerprint density at radius 3 is 3.12 bits per heavy atom. The van der Waals surface area contributed by atoms with Crippen LogP contribution in [-0.2, 0) is 0 Å². The lowest BCUT2D eigenvalue weighted by atomic mass is 10.2. The zero-order chi connectivity index (χ0) is 11.5. The summed E-state index contributed by atoms with van der Waals surface area (Å²) in [6.07, 6.45) is 2.84. The minimum absolute atomic E-state index is 0.497. The number of aromatic nitrogens is 1. The number of halogens is 1. The summed E-state index contributed by atoms with van der Waals surface area (Å²) >= 11 is 3.33. The van der Waals surface area contributed by atoms with Crippen molar-refractivity contribution in [1.82, 2.24) is 10.3 Å². The van der Waals surface area contributed by atoms with Crippen molar-refractivity contribution in [3.8, 4) is 6.07 Å². The largest absolute Gasteiger partial charge is 0.354 e. The average molecular weight is 281 g/mol. The second-order valence-electron chi connectivity index (χ2n) is 3.86. The highest BCUT2D eigenvalue weighted by Crippen LogP contribution is 2.24. The van der Waals surface area contributed by atoms with Crippen molar-refractivity contribution in [2.75, 3.05) is 25.0 Å². The average Bonchev–Trinajstić information content (AvgIpc) is 2.77. The van der Waals surface area contributed by atoms with Gasteiger partial charge in [0.2, 0.25) is 0 Å². The SMILES string of the molecule is CN[C@@H]1CCN(c2ncc(Br)cc2C#N)C1. The molecule has 1 N–H and O–H groups in total. The van der Waals surface area contributed by atoms with Crippen LogP contribution in [0.15, 0.2) is 16.7 Å². The summed E-state index contributed by atoms with van der Waals surface area (Å²) in [6, 6.07) is 4.50. The maximum absolute atomic E-state index is 9.07. The highest BCUT2D eigenvalue weighted by Gasteiger charge is 2.23. The normalized spacial score (nSPS) is 19.8. The Bertz CT molecular complexity index is 426. The first-order valence-corrected chi connectivity index (χ1v) is 6.01. The van der Waals surface area contributed by atoms with Gasteiger partial charge in [-0.05, 0) is 35.5 Å². The van der Waals surface area contributed by atoms with Crippen LogP contribution in [0.1, 0.15) is 12.0 Å². The van der Waals surface area contributed by atoms with Crippen molar-refractivity contribution in [2.24, 2.45) is 0 Å². The zero-order valence-electron chi connectivity index (χ0n) is 9.07. The molecule has 0 amide bonds. The topological polar surface area (TPSA) is 52.0 Å². The summed E-state index contributed by atoms with van der Waals surface area (Å²) in [7, 11) is 1.97. The molecule has 1 aliphatic rings. The standard InChI is InChI=1S/C11H13BrN4/c1-14-10-2-3-16(7-10)11-8(5-13)4-9(12)6-15-11/h4,6,10,14H,2-3,7H2,1H3/t10-/m1/s1. The molecule has 0 bridgehead atoms. The van der Waals surface area contributed by atoms with Gasteiger partial charge >= 0.3 is 0 Å². The lowest BCUT2D eigenvalue weighted by molar-refractivity contribution is 0.616. The third-order valence-corrected chi connectivity index (χ3v) is 3.28. The first-order chi connectivity index (χ1) is 7.74. The van der Waals surface area contributed by atoms with E-state index in [0.717, 1.165) is 29.8 Å². The van der Waals surface area contributed by atoms with Gasteiger partial charge in [0.05, 0.1) is 5.56 Å². The Kier molecular flexibility index (Phi) is 3.42. The molecule has 1 aromatic rings. The predicted octanol–water partition coefficient (Wildman–Crippen LogP) is 1.51. The smallest absolute Gasteiger partial charge is 0.146 e. The number of pyridine rings is 1. The van der Waals surface area contributed by atoms with E-state index in [4.69, 9.17) is 5.26 Å². The lowest BCUT2D eigenvalue weighted by Gasteiger charge is -2.18. The second-order valence-corrected chi connectivity index (χ2v) is 4.77. The van der Waals surface area contributed by atoms with Crippen molar-refractivity contribution in [2.45, 2.75) is 12.5 Å². The molecule has 1 fully saturated rings. The van der Waals surface area contributed by atoms with Crippen molar-refractivity contribution in [3.63, 3.8) is 0 Å². The Hall–Kier alpha value is -1.12. The lowest BCUT2D eigenvalue weighted by Crippen LogP contribution is -2.30. The van der Waals surface area contributed by atoms with E-state index < -0.39 is 0 Å². The molecule has 1 saturated heterocycles. The molecule has 84 valence electrons. The summed E-state index contributed by atoms with van der Waals surface area (Å²) in [5.74, 6) is 0.795. The van der Waals surface area contributed by atoms with Crippen molar-refractivity contribution in [1.29, 1.82) is 5.26 Å². The molecule has 0 aromatic carbocycles. The molecule has 2 rings (SSSR count). The highest BCUT2D eigenvalue weighted by molar-refractivity contribution is 9.10. The van der Waals surface area contributed by atoms with E-state index >= 15 is 0 Å². The zero-order valence-corrected chi connectivity index (χ0v) is 10.7. The maximum atomic E-state index is 9.07. The van der Waals surface area contributed by atoms with E-state index in [1.54, 1.807) is 6.20 Å². The third-order valence-electron chi connectivity index (χ3n) is 2.85. The van der Waals surface area contributed by atoms with Gasteiger partial charge in [-0.15, -0.1) is 0 Å². The Balaban J connectivity index is 2.25. The number of nitriles is 1. The van der Waals surface area contributed by atoms with Crippen LogP contribution in [-0.4, -0.2) is 31.2 Å². The molecule has 0 aliphatic carbocycles. The Morgan fingerprint density at radius 2 is 2.50 bits per heavy atom. The van der Waals surface area contributed by atoms with Crippen LogP contribution in [0.25, 0.3) is 0 Å². The first-order valence-electron chi connectivity index (χ1n) is 5.22. The fraction of sp³-hybridized carbons (Fsp3) is 0.455. The molecule has 0 saturated carbocycles. The Labute approximate surface area is 103 Å². The molecule has 5 heteroatoms. The van der Waals surface area contributed by atoms with Gasteiger partial charge in [0.1, 0.15) is 11.9 Å². The van der Waals surface area contributed by atoms with Gasteiger partial charge in [-0.3, -0.25) is 0 Å². The molecule has 0 radical (unpaired) electrons. The fourth-order valence-electron chi connectivity index (χ4n) is 1.95. The number of nitrogens with one attached hydrogen (secondary N) is 1. The van der Waals surface area contributed by atoms with E-state index in [1.807, 2.05) is 13.1 Å². The second kappa shape index (κ2) is 4.81. The summed E-state index contributed by atoms with van der Waals surface area (Å²) in [6.45, 7) is 1.87. The van der Waals surface area contributed by atoms with Crippen LogP contribution in [0.5, 0.6) is 0 Å². The minimum Gasteiger partial charge on any atom is -0.354 e. The molecule has 2 heterocycles. The van der Waals surface area contributed by atoms with Crippen LogP contribution < -0.4 is 10.2 Å². The third kappa shape index (κ3) is 2.18. The van der Waals surface area contributed by atoms with Crippen LogP contribution in [0.2, 0.25) is 0 Å². The van der Waals surface area contributed by atoms with E-state index in [-0.39, 0.29) is 0 Å². The summed E-state index contributed by atoms with van der Waals surface area (Å²) in [5.41, 5.74) is 0.631. The number of anilines is 1. The highest BCUT2D eigenvalue weighted by atomic mass is 79.9. The van der Waals surface area contributed by atoms with Crippen LogP contribution in [0.3, 0.4) is 0 Å². The number of rotatable bonds is 2. The Morgan fingerprint density at radius 1 is 1.69 bits per heavy atom. The van der Waals surface area contributed by atoms with E-state index in [2.05, 4.69) is 37.2 Å². The van der Waals surface area contributed by atoms with Crippen LogP contribution in [0, 0.1) is 11.3 Å². The molecule has 0 spiro atoms. The molecule has 0 unspecified atom stereocenters. The molecule has 1 aromatic heterocycles. The minimum atomic E-state index is 0.497. The molecule has 1 aliphatic heterocycles. The van der Waals surface area contributed by atoms with Gasteiger partial charge in [-0.2, -0.15) is 5.26 Å². The summed E-state index contributed by atoms with van der Waals surface area (Å²) in [4.78, 5) is 6.49. The quantitative estimate of drug-likeness (QED) is 0.893. The van der Waals surface area contributed by atoms with Gasteiger partial charge in [-0.25, -0.2) is 4.98 Å². The number of nitrogens with zero attached hydrogens (tertiary/aromatic N) is 3. The van der Waals surface area contributed by atoms with Gasteiger partial charge in [-0.1, -0.05) is 0 Å². The first kappa shape index (κ1) is 11.4. The predicted molar refractivity (Wildman–Crippen MR) is 66.3 cm³/mol. The van der Waals surface area contributed by atoms with Crippen LogP contribution >= 0.6 is 15.9 Å².